The fraction of sp³-hybridized carbons (Fsp3) is 0.364. The lowest BCUT2D eigenvalue weighted by atomic mass is 9.98. The second kappa shape index (κ2) is 3.38. The molecule has 1 atom stereocenters. The highest BCUT2D eigenvalue weighted by Gasteiger charge is 2.44. The number of rotatable bonds is 1. The molecule has 1 aromatic rings. The number of alkyl halides is 3. The lowest BCUT2D eigenvalue weighted by Gasteiger charge is -2.20. The molecule has 0 fully saturated rings. The zero-order valence-electron chi connectivity index (χ0n) is 8.93. The van der Waals surface area contributed by atoms with Crippen LogP contribution < -0.4 is 5.32 Å². The molecule has 17 heavy (non-hydrogen) atoms. The summed E-state index contributed by atoms with van der Waals surface area (Å²) >= 11 is 0. The van der Waals surface area contributed by atoms with Crippen molar-refractivity contribution in [2.45, 2.75) is 25.1 Å². The Labute approximate surface area is 95.3 Å². The number of nitrogens with one attached hydrogen (secondary N) is 1. The fourth-order valence-corrected chi connectivity index (χ4v) is 1.96. The van der Waals surface area contributed by atoms with E-state index in [4.69, 9.17) is 5.11 Å². The molecule has 1 aromatic carbocycles. The van der Waals surface area contributed by atoms with E-state index < -0.39 is 23.2 Å². The summed E-state index contributed by atoms with van der Waals surface area (Å²) in [6.07, 6.45) is -4.44. The third-order valence-corrected chi connectivity index (χ3v) is 2.87. The summed E-state index contributed by atoms with van der Waals surface area (Å²) in [6.45, 7) is 1.37. The molecule has 0 bridgehead atoms. The van der Waals surface area contributed by atoms with E-state index in [1.54, 1.807) is 0 Å². The van der Waals surface area contributed by atoms with Crippen LogP contribution in [0.25, 0.3) is 0 Å². The van der Waals surface area contributed by atoms with E-state index in [1.807, 2.05) is 0 Å². The third kappa shape index (κ3) is 1.83. The Kier molecular flexibility index (Phi) is 2.34. The van der Waals surface area contributed by atoms with Crippen molar-refractivity contribution >= 4 is 11.7 Å². The van der Waals surface area contributed by atoms with Gasteiger partial charge in [0, 0.05) is 6.42 Å². The second-order valence-corrected chi connectivity index (χ2v) is 4.28. The molecule has 3 nitrogen and oxygen atoms in total. The lowest BCUT2D eigenvalue weighted by Crippen LogP contribution is -2.41. The van der Waals surface area contributed by atoms with Gasteiger partial charge in [-0.25, -0.2) is 4.79 Å². The first kappa shape index (κ1) is 11.8. The molecule has 0 saturated carbocycles. The largest absolute Gasteiger partial charge is 0.480 e. The SMILES string of the molecule is CC1(C(=O)O)Cc2cccc(C(F)(F)F)c2N1. The molecule has 2 rings (SSSR count). The Balaban J connectivity index is 2.49. The molecule has 0 aliphatic carbocycles. The van der Waals surface area contributed by atoms with Crippen molar-refractivity contribution < 1.29 is 23.1 Å². The number of hydrogen-bond donors (Lipinski definition) is 2. The van der Waals surface area contributed by atoms with Gasteiger partial charge in [0.2, 0.25) is 0 Å². The first-order valence-corrected chi connectivity index (χ1v) is 4.95. The lowest BCUT2D eigenvalue weighted by molar-refractivity contribution is -0.142. The van der Waals surface area contributed by atoms with Crippen LogP contribution in [0.5, 0.6) is 0 Å². The van der Waals surface area contributed by atoms with Gasteiger partial charge in [-0.15, -0.1) is 0 Å². The number of aliphatic carboxylic acids is 1. The van der Waals surface area contributed by atoms with E-state index in [9.17, 15) is 18.0 Å². The van der Waals surface area contributed by atoms with Crippen LogP contribution in [0.1, 0.15) is 18.1 Å². The van der Waals surface area contributed by atoms with Crippen LogP contribution in [0.15, 0.2) is 18.2 Å². The van der Waals surface area contributed by atoms with Crippen LogP contribution in [0.3, 0.4) is 0 Å². The molecular weight excluding hydrogens is 235 g/mol. The van der Waals surface area contributed by atoms with Gasteiger partial charge in [0.1, 0.15) is 5.54 Å². The number of fused-ring (bicyclic) bond motifs is 1. The predicted octanol–water partition coefficient (Wildman–Crippen LogP) is 2.52. The van der Waals surface area contributed by atoms with E-state index >= 15 is 0 Å². The van der Waals surface area contributed by atoms with Gasteiger partial charge < -0.3 is 10.4 Å². The highest BCUT2D eigenvalue weighted by molar-refractivity contribution is 5.86. The van der Waals surface area contributed by atoms with Crippen LogP contribution in [0, 0.1) is 0 Å². The minimum Gasteiger partial charge on any atom is -0.480 e. The Morgan fingerprint density at radius 2 is 2.12 bits per heavy atom. The maximum atomic E-state index is 12.7. The average Bonchev–Trinajstić information content (AvgIpc) is 2.53. The summed E-state index contributed by atoms with van der Waals surface area (Å²) in [5.74, 6) is -1.16. The van der Waals surface area contributed by atoms with Crippen molar-refractivity contribution in [3.05, 3.63) is 29.3 Å². The molecule has 1 unspecified atom stereocenters. The molecule has 92 valence electrons. The van der Waals surface area contributed by atoms with Gasteiger partial charge >= 0.3 is 12.1 Å². The Morgan fingerprint density at radius 1 is 1.47 bits per heavy atom. The molecule has 1 aliphatic heterocycles. The van der Waals surface area contributed by atoms with Crippen LogP contribution in [-0.4, -0.2) is 16.6 Å². The third-order valence-electron chi connectivity index (χ3n) is 2.87. The van der Waals surface area contributed by atoms with Crippen molar-refractivity contribution in [2.75, 3.05) is 5.32 Å². The van der Waals surface area contributed by atoms with E-state index in [1.165, 1.54) is 19.1 Å². The average molecular weight is 245 g/mol. The summed E-state index contributed by atoms with van der Waals surface area (Å²) in [5, 5.41) is 11.5. The van der Waals surface area contributed by atoms with Gasteiger partial charge in [-0.2, -0.15) is 13.2 Å². The van der Waals surface area contributed by atoms with E-state index in [0.717, 1.165) is 6.07 Å². The number of para-hydroxylation sites is 1. The molecule has 0 radical (unpaired) electrons. The minimum absolute atomic E-state index is 0.0432. The summed E-state index contributed by atoms with van der Waals surface area (Å²) in [6, 6.07) is 3.74. The van der Waals surface area contributed by atoms with Gasteiger partial charge in [-0.1, -0.05) is 12.1 Å². The van der Waals surface area contributed by atoms with Crippen LogP contribution in [-0.2, 0) is 17.4 Å². The van der Waals surface area contributed by atoms with Crippen molar-refractivity contribution in [2.24, 2.45) is 0 Å². The number of carbonyl (C=O) groups is 1. The maximum absolute atomic E-state index is 12.7. The van der Waals surface area contributed by atoms with Crippen LogP contribution >= 0.6 is 0 Å². The number of carboxylic acid groups (broad SMARTS) is 1. The standard InChI is InChI=1S/C11H10F3NO2/c1-10(9(16)17)5-6-3-2-4-7(8(6)15-10)11(12,13)14/h2-4,15H,5H2,1H3,(H,16,17). The zero-order chi connectivity index (χ0) is 12.8. The summed E-state index contributed by atoms with van der Waals surface area (Å²) in [5.41, 5.74) is -1.93. The van der Waals surface area contributed by atoms with Crippen molar-refractivity contribution in [3.63, 3.8) is 0 Å². The maximum Gasteiger partial charge on any atom is 0.418 e. The monoisotopic (exact) mass is 245 g/mol. The van der Waals surface area contributed by atoms with Crippen molar-refractivity contribution in [3.8, 4) is 0 Å². The van der Waals surface area contributed by atoms with Gasteiger partial charge in [0.15, 0.2) is 0 Å². The quantitative estimate of drug-likeness (QED) is 0.799. The number of benzene rings is 1. The molecule has 2 N–H and O–H groups in total. The molecule has 1 aliphatic rings. The van der Waals surface area contributed by atoms with Gasteiger partial charge in [0.05, 0.1) is 11.3 Å². The van der Waals surface area contributed by atoms with E-state index in [0.29, 0.717) is 5.56 Å². The first-order valence-electron chi connectivity index (χ1n) is 4.95. The molecule has 0 saturated heterocycles. The fourth-order valence-electron chi connectivity index (χ4n) is 1.96. The van der Waals surface area contributed by atoms with Gasteiger partial charge in [-0.05, 0) is 18.6 Å². The summed E-state index contributed by atoms with van der Waals surface area (Å²) in [4.78, 5) is 11.0. The molecule has 1 heterocycles. The number of anilines is 1. The smallest absolute Gasteiger partial charge is 0.418 e. The van der Waals surface area contributed by atoms with Crippen LogP contribution in [0.2, 0.25) is 0 Å². The number of carboxylic acids is 1. The molecule has 0 spiro atoms. The highest BCUT2D eigenvalue weighted by atomic mass is 19.4. The zero-order valence-corrected chi connectivity index (χ0v) is 8.93. The number of halogens is 3. The Hall–Kier alpha value is -1.72. The molecule has 0 aromatic heterocycles. The second-order valence-electron chi connectivity index (χ2n) is 4.28. The molecular formula is C11H10F3NO2. The van der Waals surface area contributed by atoms with E-state index in [2.05, 4.69) is 5.32 Å². The normalized spacial score (nSPS) is 23.1. The van der Waals surface area contributed by atoms with E-state index in [-0.39, 0.29) is 12.1 Å². The van der Waals surface area contributed by atoms with Crippen LogP contribution in [0.4, 0.5) is 18.9 Å². The van der Waals surface area contributed by atoms with Gasteiger partial charge in [-0.3, -0.25) is 0 Å². The Bertz CT molecular complexity index is 484. The molecule has 6 heteroatoms. The van der Waals surface area contributed by atoms with Crippen molar-refractivity contribution in [1.82, 2.24) is 0 Å². The number of hydrogen-bond acceptors (Lipinski definition) is 2. The summed E-state index contributed by atoms with van der Waals surface area (Å²) in [7, 11) is 0. The highest BCUT2D eigenvalue weighted by Crippen LogP contribution is 2.42. The predicted molar refractivity (Wildman–Crippen MR) is 54.8 cm³/mol. The van der Waals surface area contributed by atoms with Crippen molar-refractivity contribution in [1.29, 1.82) is 0 Å². The van der Waals surface area contributed by atoms with Gasteiger partial charge in [0.25, 0.3) is 0 Å². The summed E-state index contributed by atoms with van der Waals surface area (Å²) < 4.78 is 38.1. The Morgan fingerprint density at radius 3 is 2.65 bits per heavy atom. The minimum atomic E-state index is -4.48. The first-order chi connectivity index (χ1) is 7.74. The topological polar surface area (TPSA) is 49.3 Å². The molecule has 0 amide bonds.